The molecule has 0 aromatic heterocycles. The Morgan fingerprint density at radius 1 is 1.34 bits per heavy atom. The first kappa shape index (κ1) is 18.9. The predicted molar refractivity (Wildman–Crippen MR) is 109 cm³/mol. The molecule has 156 valence electrons. The van der Waals surface area contributed by atoms with Crippen molar-refractivity contribution in [3.05, 3.63) is 33.9 Å². The topological polar surface area (TPSA) is 84.7 Å². The predicted octanol–water partition coefficient (Wildman–Crippen LogP) is 3.47. The van der Waals surface area contributed by atoms with E-state index >= 15 is 0 Å². The van der Waals surface area contributed by atoms with Gasteiger partial charge < -0.3 is 10.1 Å². The molecule has 5 rings (SSSR count). The molecule has 0 unspecified atom stereocenters. The van der Waals surface area contributed by atoms with Crippen molar-refractivity contribution in [2.45, 2.75) is 63.5 Å². The van der Waals surface area contributed by atoms with Gasteiger partial charge in [-0.1, -0.05) is 6.92 Å². The van der Waals surface area contributed by atoms with Crippen LogP contribution in [0.1, 0.15) is 51.5 Å². The highest BCUT2D eigenvalue weighted by molar-refractivity contribution is 5.78. The van der Waals surface area contributed by atoms with E-state index in [4.69, 9.17) is 4.74 Å². The highest BCUT2D eigenvalue weighted by Crippen LogP contribution is 2.65. The number of carbonyl (C=O) groups excluding carboxylic acids is 1. The number of esters is 1. The van der Waals surface area contributed by atoms with Crippen LogP contribution in [0.25, 0.3) is 0 Å². The summed E-state index contributed by atoms with van der Waals surface area (Å²) >= 11 is 0. The third-order valence-electron chi connectivity index (χ3n) is 8.27. The molecule has 0 radical (unpaired) electrons. The van der Waals surface area contributed by atoms with Crippen LogP contribution < -0.4 is 5.32 Å². The van der Waals surface area contributed by atoms with Crippen LogP contribution in [0.5, 0.6) is 0 Å². The molecule has 1 N–H and O–H groups in total. The fraction of sp³-hybridized carbons (Fsp3) is 0.682. The molecule has 3 fully saturated rings. The number of non-ortho nitro benzene ring substituents is 1. The van der Waals surface area contributed by atoms with Crippen LogP contribution in [-0.4, -0.2) is 47.6 Å². The zero-order valence-electron chi connectivity index (χ0n) is 17.1. The number of ether oxygens (including phenoxy) is 1. The second-order valence-electron chi connectivity index (χ2n) is 9.22. The van der Waals surface area contributed by atoms with Gasteiger partial charge in [0.05, 0.1) is 23.5 Å². The molecule has 7 heteroatoms. The number of nitro groups is 1. The molecule has 1 aromatic carbocycles. The lowest BCUT2D eigenvalue weighted by atomic mass is 9.49. The van der Waals surface area contributed by atoms with E-state index in [0.717, 1.165) is 56.4 Å². The van der Waals surface area contributed by atoms with Gasteiger partial charge in [0.25, 0.3) is 5.69 Å². The van der Waals surface area contributed by atoms with Gasteiger partial charge in [-0.05, 0) is 69.2 Å². The molecule has 1 spiro atoms. The highest BCUT2D eigenvalue weighted by Gasteiger charge is 2.69. The van der Waals surface area contributed by atoms with Crippen molar-refractivity contribution in [3.8, 4) is 0 Å². The standard InChI is InChI=1S/C22H29N3O4/c1-3-21-8-5-10-24-11-9-22(20(21)24)16-12-14(25(27)28)6-7-17(16)23-18(22)15(13-21)19(26)29-4-2/h6-7,12,15,18,20,23H,3-5,8-11,13H2,1-2H3/t15-,18-,20-,21-,22+/m0/s1. The number of hydrogen-bond acceptors (Lipinski definition) is 6. The lowest BCUT2D eigenvalue weighted by Crippen LogP contribution is -2.67. The van der Waals surface area contributed by atoms with Gasteiger partial charge in [-0.15, -0.1) is 0 Å². The Kier molecular flexibility index (Phi) is 4.18. The second kappa shape index (κ2) is 6.42. The van der Waals surface area contributed by atoms with Gasteiger partial charge in [-0.2, -0.15) is 0 Å². The summed E-state index contributed by atoms with van der Waals surface area (Å²) in [7, 11) is 0. The second-order valence-corrected chi connectivity index (χ2v) is 9.22. The number of benzene rings is 1. The number of piperidine rings is 1. The Labute approximate surface area is 170 Å². The molecular weight excluding hydrogens is 370 g/mol. The van der Waals surface area contributed by atoms with E-state index in [1.54, 1.807) is 12.1 Å². The normalized spacial score (nSPS) is 37.2. The first-order chi connectivity index (χ1) is 14.0. The Bertz CT molecular complexity index is 874. The number of hydrogen-bond donors (Lipinski definition) is 1. The van der Waals surface area contributed by atoms with Crippen molar-refractivity contribution in [1.82, 2.24) is 4.90 Å². The molecule has 5 atom stereocenters. The molecule has 1 saturated carbocycles. The number of fused-ring (bicyclic) bond motifs is 1. The van der Waals surface area contributed by atoms with Crippen molar-refractivity contribution in [2.75, 3.05) is 25.0 Å². The van der Waals surface area contributed by atoms with E-state index < -0.39 is 0 Å². The number of carbonyl (C=O) groups is 1. The van der Waals surface area contributed by atoms with Gasteiger partial charge in [0.2, 0.25) is 0 Å². The summed E-state index contributed by atoms with van der Waals surface area (Å²) < 4.78 is 5.52. The number of anilines is 1. The SMILES string of the molecule is CCOC(=O)[C@H]1C[C@]2(CC)CCCN3CC[C@]4(c5cc([N+](=O)[O-])ccc5N[C@@H]14)[C@@H]32. The largest absolute Gasteiger partial charge is 0.466 e. The van der Waals surface area contributed by atoms with Crippen LogP contribution >= 0.6 is 0 Å². The van der Waals surface area contributed by atoms with E-state index in [1.165, 1.54) is 0 Å². The van der Waals surface area contributed by atoms with Gasteiger partial charge in [-0.25, -0.2) is 0 Å². The molecule has 4 aliphatic rings. The lowest BCUT2D eigenvalue weighted by molar-refractivity contribution is -0.384. The van der Waals surface area contributed by atoms with Crippen LogP contribution in [0.2, 0.25) is 0 Å². The third-order valence-corrected chi connectivity index (χ3v) is 8.27. The summed E-state index contributed by atoms with van der Waals surface area (Å²) in [5.41, 5.74) is 1.91. The Balaban J connectivity index is 1.71. The number of rotatable bonds is 4. The fourth-order valence-electron chi connectivity index (χ4n) is 7.31. The smallest absolute Gasteiger partial charge is 0.311 e. The summed E-state index contributed by atoms with van der Waals surface area (Å²) in [6, 6.07) is 5.43. The van der Waals surface area contributed by atoms with Crippen LogP contribution in [0.3, 0.4) is 0 Å². The zero-order valence-corrected chi connectivity index (χ0v) is 17.1. The van der Waals surface area contributed by atoms with Gasteiger partial charge in [-0.3, -0.25) is 19.8 Å². The number of nitro benzene ring substituents is 1. The fourth-order valence-corrected chi connectivity index (χ4v) is 7.31. The van der Waals surface area contributed by atoms with Crippen molar-refractivity contribution in [1.29, 1.82) is 0 Å². The first-order valence-corrected chi connectivity index (χ1v) is 10.9. The molecule has 7 nitrogen and oxygen atoms in total. The van der Waals surface area contributed by atoms with E-state index in [1.807, 2.05) is 13.0 Å². The first-order valence-electron chi connectivity index (χ1n) is 10.9. The van der Waals surface area contributed by atoms with E-state index in [0.29, 0.717) is 12.6 Å². The lowest BCUT2D eigenvalue weighted by Gasteiger charge is -2.59. The van der Waals surface area contributed by atoms with Crippen molar-refractivity contribution in [3.63, 3.8) is 0 Å². The van der Waals surface area contributed by atoms with Gasteiger partial charge in [0.15, 0.2) is 0 Å². The van der Waals surface area contributed by atoms with Gasteiger partial charge in [0, 0.05) is 29.3 Å². The zero-order chi connectivity index (χ0) is 20.4. The molecule has 1 aliphatic carbocycles. The summed E-state index contributed by atoms with van der Waals surface area (Å²) in [6.07, 6.45) is 5.04. The van der Waals surface area contributed by atoms with Crippen LogP contribution in [0.15, 0.2) is 18.2 Å². The molecule has 2 saturated heterocycles. The molecule has 3 aliphatic heterocycles. The average molecular weight is 399 g/mol. The monoisotopic (exact) mass is 399 g/mol. The quantitative estimate of drug-likeness (QED) is 0.474. The minimum atomic E-state index is -0.309. The molecule has 29 heavy (non-hydrogen) atoms. The van der Waals surface area contributed by atoms with Crippen molar-refractivity contribution < 1.29 is 14.5 Å². The molecule has 0 amide bonds. The summed E-state index contributed by atoms with van der Waals surface area (Å²) in [5, 5.41) is 15.2. The van der Waals surface area contributed by atoms with Gasteiger partial charge >= 0.3 is 5.97 Å². The minimum Gasteiger partial charge on any atom is -0.466 e. The molecular formula is C22H29N3O4. The van der Waals surface area contributed by atoms with Crippen LogP contribution in [0.4, 0.5) is 11.4 Å². The molecule has 0 bridgehead atoms. The maximum atomic E-state index is 13.1. The number of nitrogens with one attached hydrogen (secondary N) is 1. The van der Waals surface area contributed by atoms with Crippen LogP contribution in [0, 0.1) is 21.4 Å². The van der Waals surface area contributed by atoms with Crippen molar-refractivity contribution in [2.24, 2.45) is 11.3 Å². The number of nitrogens with zero attached hydrogens (tertiary/aromatic N) is 2. The van der Waals surface area contributed by atoms with E-state index in [2.05, 4.69) is 17.1 Å². The molecule has 3 heterocycles. The van der Waals surface area contributed by atoms with Gasteiger partial charge in [0.1, 0.15) is 0 Å². The Morgan fingerprint density at radius 3 is 2.90 bits per heavy atom. The van der Waals surface area contributed by atoms with Crippen LogP contribution in [-0.2, 0) is 14.9 Å². The average Bonchev–Trinajstić information content (AvgIpc) is 3.27. The highest BCUT2D eigenvalue weighted by atomic mass is 16.6. The molecule has 1 aromatic rings. The Hall–Kier alpha value is -2.15. The van der Waals surface area contributed by atoms with E-state index in [-0.39, 0.29) is 39.4 Å². The summed E-state index contributed by atoms with van der Waals surface area (Å²) in [6.45, 7) is 6.54. The van der Waals surface area contributed by atoms with Crippen molar-refractivity contribution >= 4 is 17.3 Å². The summed E-state index contributed by atoms with van der Waals surface area (Å²) in [4.78, 5) is 26.9. The van der Waals surface area contributed by atoms with E-state index in [9.17, 15) is 14.9 Å². The maximum Gasteiger partial charge on any atom is 0.311 e. The third kappa shape index (κ3) is 2.37. The minimum absolute atomic E-state index is 0.0522. The summed E-state index contributed by atoms with van der Waals surface area (Å²) in [5.74, 6) is -0.349. The Morgan fingerprint density at radius 2 is 2.17 bits per heavy atom. The maximum absolute atomic E-state index is 13.1.